The second-order valence-electron chi connectivity index (χ2n) is 5.30. The van der Waals surface area contributed by atoms with Crippen LogP contribution in [0.25, 0.3) is 11.4 Å². The minimum absolute atomic E-state index is 0.129. The van der Waals surface area contributed by atoms with Crippen molar-refractivity contribution in [3.8, 4) is 11.4 Å². The van der Waals surface area contributed by atoms with Crippen LogP contribution in [0.2, 0.25) is 0 Å². The van der Waals surface area contributed by atoms with E-state index in [4.69, 9.17) is 11.6 Å². The molecule has 0 bridgehead atoms. The molecule has 6 nitrogen and oxygen atoms in total. The second kappa shape index (κ2) is 6.44. The van der Waals surface area contributed by atoms with Gasteiger partial charge in [0, 0.05) is 5.56 Å². The largest absolute Gasteiger partial charge is 0.471 e. The Morgan fingerprint density at radius 1 is 1.04 bits per heavy atom. The number of benzene rings is 2. The van der Waals surface area contributed by atoms with Gasteiger partial charge >= 0.3 is 12.1 Å². The molecule has 0 unspecified atom stereocenters. The number of hydrazine groups is 1. The molecule has 0 atom stereocenters. The van der Waals surface area contributed by atoms with Gasteiger partial charge in [-0.1, -0.05) is 41.6 Å². The van der Waals surface area contributed by atoms with Gasteiger partial charge in [-0.25, -0.2) is 5.84 Å². The monoisotopic (exact) mass is 349 g/mol. The molecular weight excluding hydrogens is 335 g/mol. The third-order valence-corrected chi connectivity index (χ3v) is 3.48. The molecule has 2 aromatic carbocycles. The Balaban J connectivity index is 1.74. The first-order valence-electron chi connectivity index (χ1n) is 7.21. The predicted octanol–water partition coefficient (Wildman–Crippen LogP) is 3.22. The van der Waals surface area contributed by atoms with Gasteiger partial charge in [-0.15, -0.1) is 0 Å². The highest BCUT2D eigenvalue weighted by Crippen LogP contribution is 2.29. The van der Waals surface area contributed by atoms with Gasteiger partial charge in [0.1, 0.15) is 0 Å². The molecule has 0 aliphatic heterocycles. The fourth-order valence-electron chi connectivity index (χ4n) is 2.25. The van der Waals surface area contributed by atoms with E-state index in [1.807, 2.05) is 12.1 Å². The Hall–Kier alpha value is -3.07. The molecule has 3 aromatic rings. The lowest BCUT2D eigenvalue weighted by Crippen LogP contribution is -2.30. The molecule has 4 N–H and O–H groups in total. The summed E-state index contributed by atoms with van der Waals surface area (Å²) >= 11 is 0. The van der Waals surface area contributed by atoms with Crippen LogP contribution in [0.1, 0.15) is 11.5 Å². The van der Waals surface area contributed by atoms with Crippen LogP contribution in [0.4, 0.5) is 24.5 Å². The Morgan fingerprint density at radius 2 is 1.72 bits per heavy atom. The molecule has 1 aromatic heterocycles. The topological polar surface area (TPSA) is 94.2 Å². The number of rotatable bonds is 4. The maximum absolute atomic E-state index is 12.5. The summed E-state index contributed by atoms with van der Waals surface area (Å²) in [5.74, 6) is 4.51. The summed E-state index contributed by atoms with van der Waals surface area (Å²) in [6.07, 6.45) is -4.67. The number of nitrogens with zero attached hydrogens (tertiary/aromatic N) is 3. The number of nitrogen functional groups attached to an aromatic ring is 1. The molecule has 0 fully saturated rings. The van der Waals surface area contributed by atoms with E-state index in [1.54, 1.807) is 36.4 Å². The second-order valence-corrected chi connectivity index (χ2v) is 5.30. The number of aromatic nitrogens is 2. The standard InChI is InChI=1S/C16H14F3N5O/c17-16(18,19)15-22-14(23-25-15)11-7-5-10(6-8-11)9-24(21)13-4-2-1-3-12(13)20/h1-8H,9,20-21H2. The van der Waals surface area contributed by atoms with Crippen LogP contribution in [0.5, 0.6) is 0 Å². The highest BCUT2D eigenvalue weighted by atomic mass is 19.4. The van der Waals surface area contributed by atoms with Gasteiger partial charge in [-0.3, -0.25) is 0 Å². The lowest BCUT2D eigenvalue weighted by molar-refractivity contribution is -0.159. The van der Waals surface area contributed by atoms with E-state index >= 15 is 0 Å². The van der Waals surface area contributed by atoms with Crippen LogP contribution >= 0.6 is 0 Å². The molecule has 1 heterocycles. The lowest BCUT2D eigenvalue weighted by atomic mass is 10.1. The summed E-state index contributed by atoms with van der Waals surface area (Å²) in [5.41, 5.74) is 8.35. The minimum atomic E-state index is -4.67. The third-order valence-electron chi connectivity index (χ3n) is 3.48. The van der Waals surface area contributed by atoms with E-state index in [-0.39, 0.29) is 5.82 Å². The quantitative estimate of drug-likeness (QED) is 0.427. The van der Waals surface area contributed by atoms with Crippen LogP contribution < -0.4 is 16.6 Å². The molecule has 130 valence electrons. The smallest absolute Gasteiger partial charge is 0.397 e. The molecule has 0 aliphatic rings. The van der Waals surface area contributed by atoms with Gasteiger partial charge in [0.2, 0.25) is 5.82 Å². The number of anilines is 2. The van der Waals surface area contributed by atoms with Crippen LogP contribution in [0.15, 0.2) is 53.1 Å². The number of halogens is 3. The number of hydrogen-bond acceptors (Lipinski definition) is 6. The van der Waals surface area contributed by atoms with E-state index in [2.05, 4.69) is 14.7 Å². The van der Waals surface area contributed by atoms with Gasteiger partial charge < -0.3 is 15.3 Å². The van der Waals surface area contributed by atoms with Crippen molar-refractivity contribution < 1.29 is 17.7 Å². The maximum atomic E-state index is 12.5. The molecule has 0 saturated heterocycles. The van der Waals surface area contributed by atoms with Crippen LogP contribution in [0, 0.1) is 0 Å². The molecule has 0 radical (unpaired) electrons. The van der Waals surface area contributed by atoms with Crippen LogP contribution in [0.3, 0.4) is 0 Å². The van der Waals surface area contributed by atoms with Crippen molar-refractivity contribution in [2.75, 3.05) is 10.7 Å². The van der Waals surface area contributed by atoms with Crippen molar-refractivity contribution in [3.63, 3.8) is 0 Å². The van der Waals surface area contributed by atoms with Crippen molar-refractivity contribution in [2.45, 2.75) is 12.7 Å². The Bertz CT molecular complexity index is 861. The van der Waals surface area contributed by atoms with Crippen LogP contribution in [-0.2, 0) is 12.7 Å². The van der Waals surface area contributed by atoms with Gasteiger partial charge in [0.05, 0.1) is 17.9 Å². The molecule has 9 heteroatoms. The summed E-state index contributed by atoms with van der Waals surface area (Å²) in [5, 5.41) is 4.83. The molecule has 25 heavy (non-hydrogen) atoms. The third kappa shape index (κ3) is 3.72. The van der Waals surface area contributed by atoms with Crippen molar-refractivity contribution in [2.24, 2.45) is 5.84 Å². The van der Waals surface area contributed by atoms with Crippen molar-refractivity contribution in [3.05, 3.63) is 60.0 Å². The summed E-state index contributed by atoms with van der Waals surface area (Å²) in [6.45, 7) is 0.370. The number of nitrogens with two attached hydrogens (primary N) is 2. The Labute approximate surface area is 140 Å². The zero-order valence-electron chi connectivity index (χ0n) is 12.9. The zero-order valence-corrected chi connectivity index (χ0v) is 12.9. The van der Waals surface area contributed by atoms with Gasteiger partial charge in [0.25, 0.3) is 0 Å². The average molecular weight is 349 g/mol. The summed E-state index contributed by atoms with van der Waals surface area (Å²) in [4.78, 5) is 3.35. The Kier molecular flexibility index (Phi) is 4.32. The van der Waals surface area contributed by atoms with E-state index in [0.29, 0.717) is 23.5 Å². The maximum Gasteiger partial charge on any atom is 0.471 e. The molecule has 0 aliphatic carbocycles. The van der Waals surface area contributed by atoms with Crippen molar-refractivity contribution >= 4 is 11.4 Å². The van der Waals surface area contributed by atoms with Gasteiger partial charge in [0.15, 0.2) is 0 Å². The molecular formula is C16H14F3N5O. The first kappa shape index (κ1) is 16.8. The number of para-hydroxylation sites is 2. The predicted molar refractivity (Wildman–Crippen MR) is 86.0 cm³/mol. The minimum Gasteiger partial charge on any atom is -0.397 e. The fraction of sp³-hybridized carbons (Fsp3) is 0.125. The Morgan fingerprint density at radius 3 is 2.32 bits per heavy atom. The molecule has 0 saturated carbocycles. The first-order chi connectivity index (χ1) is 11.8. The van der Waals surface area contributed by atoms with Gasteiger partial charge in [-0.05, 0) is 17.7 Å². The van der Waals surface area contributed by atoms with E-state index in [1.165, 1.54) is 5.01 Å². The number of alkyl halides is 3. The summed E-state index contributed by atoms with van der Waals surface area (Å²) in [6, 6.07) is 13.8. The molecule has 0 spiro atoms. The van der Waals surface area contributed by atoms with E-state index in [9.17, 15) is 13.2 Å². The van der Waals surface area contributed by atoms with Crippen molar-refractivity contribution in [1.82, 2.24) is 10.1 Å². The average Bonchev–Trinajstić information content (AvgIpc) is 3.06. The normalized spacial score (nSPS) is 11.5. The van der Waals surface area contributed by atoms with E-state index in [0.717, 1.165) is 5.56 Å². The highest BCUT2D eigenvalue weighted by Gasteiger charge is 2.38. The number of hydrogen-bond donors (Lipinski definition) is 2. The SMILES string of the molecule is Nc1ccccc1N(N)Cc1ccc(-c2noc(C(F)(F)F)n2)cc1. The van der Waals surface area contributed by atoms with E-state index < -0.39 is 12.1 Å². The fourth-order valence-corrected chi connectivity index (χ4v) is 2.25. The van der Waals surface area contributed by atoms with Crippen molar-refractivity contribution in [1.29, 1.82) is 0 Å². The summed E-state index contributed by atoms with van der Waals surface area (Å²) < 4.78 is 41.7. The van der Waals surface area contributed by atoms with Crippen LogP contribution in [-0.4, -0.2) is 10.1 Å². The summed E-state index contributed by atoms with van der Waals surface area (Å²) in [7, 11) is 0. The van der Waals surface area contributed by atoms with Gasteiger partial charge in [-0.2, -0.15) is 18.2 Å². The molecule has 3 rings (SSSR count). The lowest BCUT2D eigenvalue weighted by Gasteiger charge is -2.20. The zero-order chi connectivity index (χ0) is 18.0. The molecule has 0 amide bonds. The highest BCUT2D eigenvalue weighted by molar-refractivity contribution is 5.66. The first-order valence-corrected chi connectivity index (χ1v) is 7.21.